The van der Waals surface area contributed by atoms with Gasteiger partial charge < -0.3 is 15.3 Å². The van der Waals surface area contributed by atoms with Crippen LogP contribution in [-0.4, -0.2) is 59.1 Å². The van der Waals surface area contributed by atoms with Crippen LogP contribution >= 0.6 is 0 Å². The first-order valence-electron chi connectivity index (χ1n) is 9.77. The molecule has 2 fully saturated rings. The van der Waals surface area contributed by atoms with E-state index in [0.29, 0.717) is 26.1 Å². The minimum atomic E-state index is -0.875. The van der Waals surface area contributed by atoms with Gasteiger partial charge in [0.15, 0.2) is 0 Å². The number of nitrogens with zero attached hydrogens (tertiary/aromatic N) is 2. The third-order valence-corrected chi connectivity index (χ3v) is 5.57. The van der Waals surface area contributed by atoms with Crippen LogP contribution in [0.5, 0.6) is 0 Å². The van der Waals surface area contributed by atoms with Gasteiger partial charge in [-0.25, -0.2) is 13.6 Å². The summed E-state index contributed by atoms with van der Waals surface area (Å²) in [7, 11) is 0. The van der Waals surface area contributed by atoms with Gasteiger partial charge in [0, 0.05) is 37.8 Å². The fourth-order valence-corrected chi connectivity index (χ4v) is 4.19. The summed E-state index contributed by atoms with van der Waals surface area (Å²) in [6, 6.07) is 3.45. The summed E-state index contributed by atoms with van der Waals surface area (Å²) in [5.41, 5.74) is 0.0450. The van der Waals surface area contributed by atoms with Gasteiger partial charge in [-0.05, 0) is 43.9 Å². The normalized spacial score (nSPS) is 26.1. The predicted octanol–water partition coefficient (Wildman–Crippen LogP) is 2.68. The Morgan fingerprint density at radius 2 is 1.93 bits per heavy atom. The zero-order valence-corrected chi connectivity index (χ0v) is 16.0. The largest absolute Gasteiger partial charge is 0.481 e. The van der Waals surface area contributed by atoms with Crippen LogP contribution in [0.2, 0.25) is 0 Å². The van der Waals surface area contributed by atoms with Crippen LogP contribution in [0.1, 0.15) is 31.7 Å². The van der Waals surface area contributed by atoms with E-state index in [4.69, 9.17) is 0 Å². The van der Waals surface area contributed by atoms with Crippen molar-refractivity contribution in [2.75, 3.05) is 26.2 Å². The lowest BCUT2D eigenvalue weighted by molar-refractivity contribution is -0.143. The second kappa shape index (κ2) is 8.86. The number of piperidine rings is 2. The third kappa shape index (κ3) is 4.98. The van der Waals surface area contributed by atoms with Crippen LogP contribution in [0, 0.1) is 23.5 Å². The summed E-state index contributed by atoms with van der Waals surface area (Å²) in [5, 5.41) is 12.2. The SMILES string of the molecule is CC1CC(C(=O)O)CN(C(=O)NC2CCCN(Cc3c(F)cccc3F)C2)C1. The maximum Gasteiger partial charge on any atom is 0.317 e. The number of nitrogens with one attached hydrogen (secondary N) is 1. The second-order valence-electron chi connectivity index (χ2n) is 8.00. The molecule has 2 amide bonds. The summed E-state index contributed by atoms with van der Waals surface area (Å²) in [6.45, 7) is 4.06. The van der Waals surface area contributed by atoms with Crippen molar-refractivity contribution in [2.45, 2.75) is 38.8 Å². The Morgan fingerprint density at radius 1 is 1.21 bits per heavy atom. The molecule has 2 N–H and O–H groups in total. The highest BCUT2D eigenvalue weighted by atomic mass is 19.1. The topological polar surface area (TPSA) is 72.9 Å². The van der Waals surface area contributed by atoms with E-state index >= 15 is 0 Å². The van der Waals surface area contributed by atoms with Crippen molar-refractivity contribution < 1.29 is 23.5 Å². The molecule has 2 aliphatic rings. The molecule has 3 atom stereocenters. The van der Waals surface area contributed by atoms with E-state index in [0.717, 1.165) is 12.8 Å². The molecule has 154 valence electrons. The number of benzene rings is 1. The Bertz CT molecular complexity index is 710. The van der Waals surface area contributed by atoms with Gasteiger partial charge in [-0.15, -0.1) is 0 Å². The number of aliphatic carboxylic acids is 1. The van der Waals surface area contributed by atoms with E-state index in [1.165, 1.54) is 18.2 Å². The first kappa shape index (κ1) is 20.5. The van der Waals surface area contributed by atoms with Crippen molar-refractivity contribution in [3.8, 4) is 0 Å². The lowest BCUT2D eigenvalue weighted by atomic mass is 9.91. The summed E-state index contributed by atoms with van der Waals surface area (Å²) in [4.78, 5) is 27.5. The number of carboxylic acid groups (broad SMARTS) is 1. The van der Waals surface area contributed by atoms with Gasteiger partial charge in [0.05, 0.1) is 5.92 Å². The van der Waals surface area contributed by atoms with Gasteiger partial charge in [-0.2, -0.15) is 0 Å². The minimum absolute atomic E-state index is 0.0450. The summed E-state index contributed by atoms with van der Waals surface area (Å²) in [6.07, 6.45) is 2.17. The summed E-state index contributed by atoms with van der Waals surface area (Å²) < 4.78 is 27.8. The van der Waals surface area contributed by atoms with E-state index in [1.807, 2.05) is 11.8 Å². The molecule has 2 saturated heterocycles. The number of carbonyl (C=O) groups excluding carboxylic acids is 1. The lowest BCUT2D eigenvalue weighted by Gasteiger charge is -2.38. The van der Waals surface area contributed by atoms with Crippen LogP contribution in [0.3, 0.4) is 0 Å². The van der Waals surface area contributed by atoms with Gasteiger partial charge in [0.25, 0.3) is 0 Å². The fraction of sp³-hybridized carbons (Fsp3) is 0.600. The molecule has 2 heterocycles. The molecule has 0 aromatic heterocycles. The van der Waals surface area contributed by atoms with E-state index < -0.39 is 23.5 Å². The molecular weight excluding hydrogens is 368 g/mol. The molecule has 3 rings (SSSR count). The number of amides is 2. The first-order chi connectivity index (χ1) is 13.3. The lowest BCUT2D eigenvalue weighted by Crippen LogP contribution is -2.54. The Labute approximate surface area is 163 Å². The highest BCUT2D eigenvalue weighted by Gasteiger charge is 2.33. The van der Waals surface area contributed by atoms with Gasteiger partial charge in [-0.1, -0.05) is 13.0 Å². The quantitative estimate of drug-likeness (QED) is 0.822. The highest BCUT2D eigenvalue weighted by Crippen LogP contribution is 2.23. The maximum absolute atomic E-state index is 13.9. The Kier molecular flexibility index (Phi) is 6.49. The molecule has 1 aromatic carbocycles. The average Bonchev–Trinajstić information content (AvgIpc) is 2.64. The van der Waals surface area contributed by atoms with Crippen molar-refractivity contribution in [1.29, 1.82) is 0 Å². The number of likely N-dealkylation sites (tertiary alicyclic amines) is 2. The molecule has 28 heavy (non-hydrogen) atoms. The molecule has 6 nitrogen and oxygen atoms in total. The summed E-state index contributed by atoms with van der Waals surface area (Å²) >= 11 is 0. The standard InChI is InChI=1S/C20H27F2N3O3/c1-13-8-14(19(26)27)10-25(9-13)20(28)23-15-4-3-7-24(11-15)12-16-17(21)5-2-6-18(16)22/h2,5-6,13-15H,3-4,7-12H2,1H3,(H,23,28)(H,26,27). The predicted molar refractivity (Wildman–Crippen MR) is 99.7 cm³/mol. The third-order valence-electron chi connectivity index (χ3n) is 5.57. The van der Waals surface area contributed by atoms with Crippen LogP contribution in [-0.2, 0) is 11.3 Å². The molecule has 0 radical (unpaired) electrons. The van der Waals surface area contributed by atoms with Crippen molar-refractivity contribution in [1.82, 2.24) is 15.1 Å². The number of hydrogen-bond acceptors (Lipinski definition) is 3. The number of carbonyl (C=O) groups is 2. The number of carboxylic acids is 1. The smallest absolute Gasteiger partial charge is 0.317 e. The monoisotopic (exact) mass is 395 g/mol. The number of hydrogen-bond donors (Lipinski definition) is 2. The van der Waals surface area contributed by atoms with Gasteiger partial charge in [0.2, 0.25) is 0 Å². The molecule has 3 unspecified atom stereocenters. The number of rotatable bonds is 4. The zero-order valence-electron chi connectivity index (χ0n) is 16.0. The van der Waals surface area contributed by atoms with E-state index in [9.17, 15) is 23.5 Å². The minimum Gasteiger partial charge on any atom is -0.481 e. The fourth-order valence-electron chi connectivity index (χ4n) is 4.19. The van der Waals surface area contributed by atoms with Crippen molar-refractivity contribution in [2.24, 2.45) is 11.8 Å². The molecule has 0 spiro atoms. The average molecular weight is 395 g/mol. The van der Waals surface area contributed by atoms with Crippen molar-refractivity contribution in [3.63, 3.8) is 0 Å². The first-order valence-corrected chi connectivity index (χ1v) is 9.77. The maximum atomic E-state index is 13.9. The Hall–Kier alpha value is -2.22. The number of halogens is 2. The molecule has 2 aliphatic heterocycles. The van der Waals surface area contributed by atoms with E-state index in [2.05, 4.69) is 5.32 Å². The Morgan fingerprint density at radius 3 is 2.61 bits per heavy atom. The highest BCUT2D eigenvalue weighted by molar-refractivity contribution is 5.77. The molecule has 0 bridgehead atoms. The Balaban J connectivity index is 1.57. The second-order valence-corrected chi connectivity index (χ2v) is 8.00. The molecule has 0 saturated carbocycles. The van der Waals surface area contributed by atoms with Crippen molar-refractivity contribution >= 4 is 12.0 Å². The number of urea groups is 1. The van der Waals surface area contributed by atoms with Crippen LogP contribution in [0.25, 0.3) is 0 Å². The van der Waals surface area contributed by atoms with Gasteiger partial charge in [-0.3, -0.25) is 9.69 Å². The van der Waals surface area contributed by atoms with E-state index in [-0.39, 0.29) is 36.6 Å². The van der Waals surface area contributed by atoms with Crippen LogP contribution in [0.4, 0.5) is 13.6 Å². The molecule has 8 heteroatoms. The van der Waals surface area contributed by atoms with Crippen molar-refractivity contribution in [3.05, 3.63) is 35.4 Å². The molecular formula is C20H27F2N3O3. The molecule has 1 aromatic rings. The van der Waals surface area contributed by atoms with Crippen LogP contribution < -0.4 is 5.32 Å². The van der Waals surface area contributed by atoms with Gasteiger partial charge in [0.1, 0.15) is 11.6 Å². The summed E-state index contributed by atoms with van der Waals surface area (Å²) in [5.74, 6) is -2.41. The molecule has 0 aliphatic carbocycles. The zero-order chi connectivity index (χ0) is 20.3. The van der Waals surface area contributed by atoms with Gasteiger partial charge >= 0.3 is 12.0 Å². The van der Waals surface area contributed by atoms with Crippen LogP contribution in [0.15, 0.2) is 18.2 Å². The van der Waals surface area contributed by atoms with E-state index in [1.54, 1.807) is 4.90 Å².